The van der Waals surface area contributed by atoms with Gasteiger partial charge in [-0.15, -0.1) is 0 Å². The molecule has 158 valence electrons. The van der Waals surface area contributed by atoms with E-state index in [2.05, 4.69) is 5.32 Å². The number of carbonyl (C=O) groups is 3. The van der Waals surface area contributed by atoms with Gasteiger partial charge < -0.3 is 15.2 Å². The lowest BCUT2D eigenvalue weighted by Gasteiger charge is -2.26. The third kappa shape index (κ3) is 4.56. The molecule has 10 heteroatoms. The number of hydrogen-bond acceptors (Lipinski definition) is 6. The first-order chi connectivity index (χ1) is 14.2. The molecule has 1 amide bonds. The van der Waals surface area contributed by atoms with Gasteiger partial charge in [-0.2, -0.15) is 4.31 Å². The molecule has 30 heavy (non-hydrogen) atoms. The SMILES string of the molecule is CC(=O)c1ccc(NC(=O)c2cccc(S(=O)(=O)N3CCOCC3)c2)c(C(=O)O)c1. The highest BCUT2D eigenvalue weighted by atomic mass is 32.2. The Morgan fingerprint density at radius 1 is 1.03 bits per heavy atom. The van der Waals surface area contributed by atoms with Gasteiger partial charge in [0, 0.05) is 24.2 Å². The van der Waals surface area contributed by atoms with E-state index >= 15 is 0 Å². The van der Waals surface area contributed by atoms with Gasteiger partial charge in [0.15, 0.2) is 5.78 Å². The number of carboxylic acid groups (broad SMARTS) is 1. The van der Waals surface area contributed by atoms with E-state index in [-0.39, 0.29) is 46.1 Å². The summed E-state index contributed by atoms with van der Waals surface area (Å²) in [4.78, 5) is 35.6. The van der Waals surface area contributed by atoms with Crippen LogP contribution in [0.1, 0.15) is 38.0 Å². The van der Waals surface area contributed by atoms with Crippen LogP contribution < -0.4 is 5.32 Å². The molecule has 2 aromatic rings. The second-order valence-electron chi connectivity index (χ2n) is 6.62. The van der Waals surface area contributed by atoms with Crippen molar-refractivity contribution in [3.05, 3.63) is 59.2 Å². The van der Waals surface area contributed by atoms with Crippen molar-refractivity contribution in [3.63, 3.8) is 0 Å². The van der Waals surface area contributed by atoms with Gasteiger partial charge in [0.05, 0.1) is 29.4 Å². The number of morpholine rings is 1. The lowest BCUT2D eigenvalue weighted by Crippen LogP contribution is -2.40. The summed E-state index contributed by atoms with van der Waals surface area (Å²) in [5.41, 5.74) is 0.00685. The Bertz CT molecular complexity index is 1110. The molecule has 0 radical (unpaired) electrons. The number of aromatic carboxylic acids is 1. The molecule has 0 bridgehead atoms. The second kappa shape index (κ2) is 8.74. The van der Waals surface area contributed by atoms with Crippen molar-refractivity contribution in [3.8, 4) is 0 Å². The molecule has 1 heterocycles. The molecule has 0 unspecified atom stereocenters. The molecule has 0 spiro atoms. The monoisotopic (exact) mass is 432 g/mol. The fourth-order valence-electron chi connectivity index (χ4n) is 2.98. The van der Waals surface area contributed by atoms with Crippen molar-refractivity contribution >= 4 is 33.4 Å². The predicted octanol–water partition coefficient (Wildman–Crippen LogP) is 1.86. The maximum Gasteiger partial charge on any atom is 0.337 e. The topological polar surface area (TPSA) is 130 Å². The Morgan fingerprint density at radius 2 is 1.73 bits per heavy atom. The summed E-state index contributed by atoms with van der Waals surface area (Å²) >= 11 is 0. The van der Waals surface area contributed by atoms with Crippen LogP contribution in [0.5, 0.6) is 0 Å². The van der Waals surface area contributed by atoms with E-state index < -0.39 is 21.9 Å². The molecule has 0 atom stereocenters. The Kier molecular flexibility index (Phi) is 6.30. The van der Waals surface area contributed by atoms with Crippen LogP contribution in [0.4, 0.5) is 5.69 Å². The van der Waals surface area contributed by atoms with Gasteiger partial charge in [0.2, 0.25) is 10.0 Å². The average molecular weight is 432 g/mol. The Morgan fingerprint density at radius 3 is 2.37 bits per heavy atom. The number of ketones is 1. The number of hydrogen-bond donors (Lipinski definition) is 2. The molecule has 0 aromatic heterocycles. The van der Waals surface area contributed by atoms with Crippen LogP contribution in [0, 0.1) is 0 Å². The highest BCUT2D eigenvalue weighted by molar-refractivity contribution is 7.89. The fourth-order valence-corrected chi connectivity index (χ4v) is 4.43. The van der Waals surface area contributed by atoms with E-state index in [1.165, 1.54) is 53.7 Å². The summed E-state index contributed by atoms with van der Waals surface area (Å²) in [5.74, 6) is -2.29. The van der Waals surface area contributed by atoms with Crippen molar-refractivity contribution in [1.82, 2.24) is 4.31 Å². The van der Waals surface area contributed by atoms with Crippen LogP contribution in [0.25, 0.3) is 0 Å². The van der Waals surface area contributed by atoms with Crippen molar-refractivity contribution in [1.29, 1.82) is 0 Å². The van der Waals surface area contributed by atoms with E-state index in [1.807, 2.05) is 0 Å². The molecule has 0 saturated carbocycles. The van der Waals surface area contributed by atoms with Crippen molar-refractivity contribution < 1.29 is 32.6 Å². The zero-order valence-corrected chi connectivity index (χ0v) is 16.9. The largest absolute Gasteiger partial charge is 0.478 e. The molecule has 1 aliphatic rings. The summed E-state index contributed by atoms with van der Waals surface area (Å²) in [7, 11) is -3.79. The van der Waals surface area contributed by atoms with Gasteiger partial charge in [-0.1, -0.05) is 6.07 Å². The highest BCUT2D eigenvalue weighted by Crippen LogP contribution is 2.22. The summed E-state index contributed by atoms with van der Waals surface area (Å²) in [5, 5.41) is 11.9. The molecule has 2 N–H and O–H groups in total. The Hall–Kier alpha value is -3.08. The molecule has 2 aromatic carbocycles. The molecule has 3 rings (SSSR count). The molecule has 1 aliphatic heterocycles. The van der Waals surface area contributed by atoms with Crippen LogP contribution in [-0.4, -0.2) is 61.8 Å². The summed E-state index contributed by atoms with van der Waals surface area (Å²) in [6, 6.07) is 9.42. The first-order valence-corrected chi connectivity index (χ1v) is 10.5. The normalized spacial score (nSPS) is 14.8. The van der Waals surface area contributed by atoms with Gasteiger partial charge in [0.25, 0.3) is 5.91 Å². The number of Topliss-reactive ketones (excluding diaryl/α,β-unsaturated/α-hetero) is 1. The number of nitrogens with one attached hydrogen (secondary N) is 1. The van der Waals surface area contributed by atoms with E-state index in [1.54, 1.807) is 0 Å². The molecule has 9 nitrogen and oxygen atoms in total. The minimum Gasteiger partial charge on any atom is -0.478 e. The minimum absolute atomic E-state index is 0.000982. The maximum atomic E-state index is 12.8. The standard InChI is InChI=1S/C20H20N2O7S/c1-13(23)14-5-6-18(17(12-14)20(25)26)21-19(24)15-3-2-4-16(11-15)30(27,28)22-7-9-29-10-8-22/h2-6,11-12H,7-10H2,1H3,(H,21,24)(H,25,26). The summed E-state index contributed by atoms with van der Waals surface area (Å²) in [6.45, 7) is 2.35. The number of nitrogens with zero attached hydrogens (tertiary/aromatic N) is 1. The molecule has 1 fully saturated rings. The van der Waals surface area contributed by atoms with Crippen molar-refractivity contribution in [2.24, 2.45) is 0 Å². The lowest BCUT2D eigenvalue weighted by atomic mass is 10.1. The number of amides is 1. The van der Waals surface area contributed by atoms with Crippen LogP contribution in [-0.2, 0) is 14.8 Å². The molecular formula is C20H20N2O7S. The van der Waals surface area contributed by atoms with Crippen LogP contribution >= 0.6 is 0 Å². The number of ether oxygens (including phenoxy) is 1. The maximum absolute atomic E-state index is 12.8. The fraction of sp³-hybridized carbons (Fsp3) is 0.250. The number of anilines is 1. The van der Waals surface area contributed by atoms with E-state index in [0.29, 0.717) is 13.2 Å². The highest BCUT2D eigenvalue weighted by Gasteiger charge is 2.27. The number of carboxylic acids is 1. The van der Waals surface area contributed by atoms with Crippen LogP contribution in [0.3, 0.4) is 0 Å². The van der Waals surface area contributed by atoms with Gasteiger partial charge in [-0.3, -0.25) is 9.59 Å². The van der Waals surface area contributed by atoms with E-state index in [0.717, 1.165) is 0 Å². The molecule has 0 aliphatic carbocycles. The average Bonchev–Trinajstić information content (AvgIpc) is 2.74. The van der Waals surface area contributed by atoms with Gasteiger partial charge in [0.1, 0.15) is 0 Å². The smallest absolute Gasteiger partial charge is 0.337 e. The van der Waals surface area contributed by atoms with E-state index in [9.17, 15) is 27.9 Å². The predicted molar refractivity (Wildman–Crippen MR) is 107 cm³/mol. The molecule has 1 saturated heterocycles. The summed E-state index contributed by atoms with van der Waals surface area (Å²) < 4.78 is 32.0. The van der Waals surface area contributed by atoms with Gasteiger partial charge in [-0.05, 0) is 43.3 Å². The number of rotatable bonds is 6. The quantitative estimate of drug-likeness (QED) is 0.666. The number of sulfonamides is 1. The van der Waals surface area contributed by atoms with Crippen LogP contribution in [0.15, 0.2) is 47.4 Å². The van der Waals surface area contributed by atoms with Crippen LogP contribution in [0.2, 0.25) is 0 Å². The third-order valence-corrected chi connectivity index (χ3v) is 6.50. The Balaban J connectivity index is 1.87. The second-order valence-corrected chi connectivity index (χ2v) is 8.56. The number of benzene rings is 2. The van der Waals surface area contributed by atoms with E-state index in [4.69, 9.17) is 4.74 Å². The zero-order chi connectivity index (χ0) is 21.9. The first kappa shape index (κ1) is 21.6. The first-order valence-electron chi connectivity index (χ1n) is 9.08. The zero-order valence-electron chi connectivity index (χ0n) is 16.1. The molecular weight excluding hydrogens is 412 g/mol. The number of carbonyl (C=O) groups excluding carboxylic acids is 2. The third-order valence-electron chi connectivity index (χ3n) is 4.61. The Labute approximate surface area is 173 Å². The minimum atomic E-state index is -3.79. The summed E-state index contributed by atoms with van der Waals surface area (Å²) in [6.07, 6.45) is 0. The van der Waals surface area contributed by atoms with Crippen molar-refractivity contribution in [2.75, 3.05) is 31.6 Å². The van der Waals surface area contributed by atoms with Gasteiger partial charge >= 0.3 is 5.97 Å². The lowest BCUT2D eigenvalue weighted by molar-refractivity contribution is 0.0698. The van der Waals surface area contributed by atoms with Gasteiger partial charge in [-0.25, -0.2) is 13.2 Å². The van der Waals surface area contributed by atoms with Crippen molar-refractivity contribution in [2.45, 2.75) is 11.8 Å².